The summed E-state index contributed by atoms with van der Waals surface area (Å²) in [6.07, 6.45) is 9.36. The van der Waals surface area contributed by atoms with Crippen LogP contribution in [0.1, 0.15) is 12.8 Å². The number of carbonyl (C=O) groups is 1. The van der Waals surface area contributed by atoms with E-state index in [-0.39, 0.29) is 6.09 Å². The molecule has 0 atom stereocenters. The molecule has 8 nitrogen and oxygen atoms in total. The lowest BCUT2D eigenvalue weighted by atomic mass is 10.2. The first-order valence-electron chi connectivity index (χ1n) is 9.45. The maximum atomic E-state index is 11.9. The minimum absolute atomic E-state index is 0.311. The fourth-order valence-electron chi connectivity index (χ4n) is 3.68. The van der Waals surface area contributed by atoms with Crippen LogP contribution < -0.4 is 9.80 Å². The summed E-state index contributed by atoms with van der Waals surface area (Å²) in [5.74, 6) is 1.53. The van der Waals surface area contributed by atoms with E-state index in [0.29, 0.717) is 13.2 Å². The molecule has 0 spiro atoms. The summed E-state index contributed by atoms with van der Waals surface area (Å²) < 4.78 is 7.02. The van der Waals surface area contributed by atoms with Crippen molar-refractivity contribution in [3.05, 3.63) is 49.1 Å². The van der Waals surface area contributed by atoms with E-state index in [1.165, 1.54) is 12.8 Å². The molecule has 1 aromatic carbocycles. The minimum atomic E-state index is -0.311. The molecule has 3 aromatic rings. The average molecular weight is 376 g/mol. The summed E-state index contributed by atoms with van der Waals surface area (Å²) in [7, 11) is 0. The molecule has 0 bridgehead atoms. The smallest absolute Gasteiger partial charge is 0.414 e. The third-order valence-electron chi connectivity index (χ3n) is 5.11. The number of carbonyl (C=O) groups excluding carboxylic acids is 1. The highest BCUT2D eigenvalue weighted by atomic mass is 16.6. The summed E-state index contributed by atoms with van der Waals surface area (Å²) in [5, 5.41) is 0. The monoisotopic (exact) mass is 376 g/mol. The second-order valence-corrected chi connectivity index (χ2v) is 6.87. The Labute approximate surface area is 162 Å². The number of benzene rings is 1. The molecule has 8 heteroatoms. The van der Waals surface area contributed by atoms with Crippen LogP contribution in [0, 0.1) is 0 Å². The van der Waals surface area contributed by atoms with Gasteiger partial charge in [0.1, 0.15) is 12.4 Å². The maximum absolute atomic E-state index is 11.9. The Bertz CT molecular complexity index is 994. The molecule has 2 aromatic heterocycles. The summed E-state index contributed by atoms with van der Waals surface area (Å²) in [6, 6.07) is 7.76. The van der Waals surface area contributed by atoms with Gasteiger partial charge in [-0.1, -0.05) is 6.07 Å². The zero-order valence-electron chi connectivity index (χ0n) is 15.4. The van der Waals surface area contributed by atoms with E-state index in [1.807, 2.05) is 47.4 Å². The minimum Gasteiger partial charge on any atom is -0.447 e. The van der Waals surface area contributed by atoms with Crippen molar-refractivity contribution >= 4 is 17.7 Å². The van der Waals surface area contributed by atoms with Gasteiger partial charge in [-0.3, -0.25) is 9.47 Å². The van der Waals surface area contributed by atoms with Gasteiger partial charge in [0.2, 0.25) is 5.95 Å². The van der Waals surface area contributed by atoms with E-state index in [4.69, 9.17) is 4.74 Å². The van der Waals surface area contributed by atoms with Crippen LogP contribution in [0.2, 0.25) is 0 Å². The van der Waals surface area contributed by atoms with Gasteiger partial charge in [0.15, 0.2) is 0 Å². The van der Waals surface area contributed by atoms with Crippen LogP contribution >= 0.6 is 0 Å². The van der Waals surface area contributed by atoms with Crippen LogP contribution in [-0.2, 0) is 4.74 Å². The molecule has 0 saturated carbocycles. The van der Waals surface area contributed by atoms with E-state index in [0.717, 1.165) is 41.8 Å². The van der Waals surface area contributed by atoms with Gasteiger partial charge in [0.05, 0.1) is 12.1 Å². The average Bonchev–Trinajstić information content (AvgIpc) is 3.50. The van der Waals surface area contributed by atoms with Crippen molar-refractivity contribution in [1.82, 2.24) is 19.5 Å². The first kappa shape index (κ1) is 16.7. The SMILES string of the molecule is O=C1OCCN1c1cccc(-n2ccnc2-c2cnc(N3CCCC3)nc2)c1. The van der Waals surface area contributed by atoms with E-state index >= 15 is 0 Å². The summed E-state index contributed by atoms with van der Waals surface area (Å²) in [5.41, 5.74) is 2.56. The van der Waals surface area contributed by atoms with E-state index in [2.05, 4.69) is 19.9 Å². The Morgan fingerprint density at radius 2 is 1.75 bits per heavy atom. The fraction of sp³-hybridized carbons (Fsp3) is 0.300. The van der Waals surface area contributed by atoms with Gasteiger partial charge in [-0.05, 0) is 31.0 Å². The predicted molar refractivity (Wildman–Crippen MR) is 105 cm³/mol. The number of hydrogen-bond donors (Lipinski definition) is 0. The standard InChI is InChI=1S/C20H20N6O2/c27-20-26(10-11-28-20)17-5-3-4-16(12-17)25-9-6-21-18(25)15-13-22-19(23-14-15)24-7-1-2-8-24/h3-6,9,12-14H,1-2,7-8,10-11H2. The largest absolute Gasteiger partial charge is 0.447 e. The Kier molecular flexibility index (Phi) is 4.16. The topological polar surface area (TPSA) is 76.4 Å². The lowest BCUT2D eigenvalue weighted by Crippen LogP contribution is -2.23. The molecule has 2 aliphatic heterocycles. The van der Waals surface area contributed by atoms with Crippen LogP contribution in [0.5, 0.6) is 0 Å². The quantitative estimate of drug-likeness (QED) is 0.697. The molecule has 4 heterocycles. The molecule has 2 fully saturated rings. The molecular formula is C20H20N6O2. The van der Waals surface area contributed by atoms with Crippen LogP contribution in [0.25, 0.3) is 17.1 Å². The molecular weight excluding hydrogens is 356 g/mol. The van der Waals surface area contributed by atoms with Gasteiger partial charge in [-0.2, -0.15) is 0 Å². The molecule has 142 valence electrons. The number of ether oxygens (including phenoxy) is 1. The Morgan fingerprint density at radius 1 is 0.964 bits per heavy atom. The van der Waals surface area contributed by atoms with Gasteiger partial charge < -0.3 is 9.64 Å². The fourth-order valence-corrected chi connectivity index (χ4v) is 3.68. The first-order chi connectivity index (χ1) is 13.8. The second kappa shape index (κ2) is 6.95. The van der Waals surface area contributed by atoms with Crippen LogP contribution in [0.3, 0.4) is 0 Å². The van der Waals surface area contributed by atoms with Gasteiger partial charge in [-0.25, -0.2) is 19.7 Å². The number of aromatic nitrogens is 4. The number of hydrogen-bond acceptors (Lipinski definition) is 6. The zero-order valence-corrected chi connectivity index (χ0v) is 15.4. The number of imidazole rings is 1. The van der Waals surface area contributed by atoms with E-state index in [9.17, 15) is 4.79 Å². The van der Waals surface area contributed by atoms with Crippen molar-refractivity contribution in [2.45, 2.75) is 12.8 Å². The van der Waals surface area contributed by atoms with Crippen molar-refractivity contribution in [2.24, 2.45) is 0 Å². The van der Waals surface area contributed by atoms with Gasteiger partial charge in [0.25, 0.3) is 0 Å². The Balaban J connectivity index is 1.45. The summed E-state index contributed by atoms with van der Waals surface area (Å²) in [6.45, 7) is 3.00. The maximum Gasteiger partial charge on any atom is 0.414 e. The van der Waals surface area contributed by atoms with Gasteiger partial charge in [0, 0.05) is 49.3 Å². The molecule has 2 saturated heterocycles. The van der Waals surface area contributed by atoms with Crippen LogP contribution in [0.4, 0.5) is 16.4 Å². The number of amides is 1. The second-order valence-electron chi connectivity index (χ2n) is 6.87. The highest BCUT2D eigenvalue weighted by molar-refractivity contribution is 5.89. The van der Waals surface area contributed by atoms with Crippen molar-refractivity contribution in [3.63, 3.8) is 0 Å². The third kappa shape index (κ3) is 2.96. The van der Waals surface area contributed by atoms with Crippen molar-refractivity contribution in [2.75, 3.05) is 36.0 Å². The highest BCUT2D eigenvalue weighted by Gasteiger charge is 2.24. The zero-order chi connectivity index (χ0) is 18.9. The lowest BCUT2D eigenvalue weighted by Gasteiger charge is -2.16. The molecule has 5 rings (SSSR count). The van der Waals surface area contributed by atoms with Gasteiger partial charge >= 0.3 is 6.09 Å². The first-order valence-corrected chi connectivity index (χ1v) is 9.45. The number of anilines is 2. The number of cyclic esters (lactones) is 1. The van der Waals surface area contributed by atoms with Gasteiger partial charge in [-0.15, -0.1) is 0 Å². The Morgan fingerprint density at radius 3 is 2.50 bits per heavy atom. The molecule has 0 unspecified atom stereocenters. The van der Waals surface area contributed by atoms with Crippen molar-refractivity contribution in [3.8, 4) is 17.1 Å². The molecule has 0 aliphatic carbocycles. The summed E-state index contributed by atoms with van der Waals surface area (Å²) >= 11 is 0. The molecule has 1 amide bonds. The highest BCUT2D eigenvalue weighted by Crippen LogP contribution is 2.26. The normalized spacial score (nSPS) is 16.6. The van der Waals surface area contributed by atoms with E-state index in [1.54, 1.807) is 11.1 Å². The van der Waals surface area contributed by atoms with Crippen LogP contribution in [-0.4, -0.2) is 51.9 Å². The summed E-state index contributed by atoms with van der Waals surface area (Å²) in [4.78, 5) is 29.3. The van der Waals surface area contributed by atoms with E-state index < -0.39 is 0 Å². The number of rotatable bonds is 4. The molecule has 0 radical (unpaired) electrons. The third-order valence-corrected chi connectivity index (χ3v) is 5.11. The van der Waals surface area contributed by atoms with Crippen LogP contribution in [0.15, 0.2) is 49.1 Å². The predicted octanol–water partition coefficient (Wildman–Crippen LogP) is 2.89. The van der Waals surface area contributed by atoms with Crippen molar-refractivity contribution < 1.29 is 9.53 Å². The molecule has 0 N–H and O–H groups in total. The molecule has 2 aliphatic rings. The van der Waals surface area contributed by atoms with Crippen molar-refractivity contribution in [1.29, 1.82) is 0 Å². The number of nitrogens with zero attached hydrogens (tertiary/aromatic N) is 6. The lowest BCUT2D eigenvalue weighted by molar-refractivity contribution is 0.181. The Hall–Kier alpha value is -3.42. The molecule has 28 heavy (non-hydrogen) atoms.